The Hall–Kier alpha value is -1.27. The number of halogens is 1. The highest BCUT2D eigenvalue weighted by Crippen LogP contribution is 2.29. The Morgan fingerprint density at radius 3 is 2.83 bits per heavy atom. The molecule has 1 rings (SSSR count). The van der Waals surface area contributed by atoms with Gasteiger partial charge in [0.05, 0.1) is 7.11 Å². The van der Waals surface area contributed by atoms with Crippen LogP contribution in [0.2, 0.25) is 5.02 Å². The van der Waals surface area contributed by atoms with Crippen molar-refractivity contribution in [1.29, 1.82) is 5.26 Å². The molecule has 0 fully saturated rings. The number of aryl methyl sites for hydroxylation is 1. The number of ether oxygens (including phenoxy) is 1. The molecule has 0 aliphatic carbocycles. The number of hydrogen-bond donors (Lipinski definition) is 0. The number of rotatable bonds is 1. The summed E-state index contributed by atoms with van der Waals surface area (Å²) in [4.78, 5) is 3.83. The van der Waals surface area contributed by atoms with Crippen molar-refractivity contribution in [3.63, 3.8) is 0 Å². The Bertz CT molecular complexity index is 344. The molecule has 12 heavy (non-hydrogen) atoms. The van der Waals surface area contributed by atoms with Gasteiger partial charge < -0.3 is 4.74 Å². The van der Waals surface area contributed by atoms with Crippen LogP contribution in [0.3, 0.4) is 0 Å². The topological polar surface area (TPSA) is 45.9 Å². The maximum absolute atomic E-state index is 8.58. The summed E-state index contributed by atoms with van der Waals surface area (Å²) in [7, 11) is 1.51. The van der Waals surface area contributed by atoms with E-state index in [4.69, 9.17) is 21.6 Å². The van der Waals surface area contributed by atoms with Gasteiger partial charge in [-0.1, -0.05) is 11.6 Å². The monoisotopic (exact) mass is 182 g/mol. The van der Waals surface area contributed by atoms with Crippen LogP contribution in [0.25, 0.3) is 0 Å². The van der Waals surface area contributed by atoms with Crippen LogP contribution in [-0.2, 0) is 0 Å². The SMILES string of the molecule is COc1c(C)cnc(C#N)c1Cl. The molecular weight excluding hydrogens is 176 g/mol. The van der Waals surface area contributed by atoms with Crippen LogP contribution in [0.4, 0.5) is 0 Å². The highest BCUT2D eigenvalue weighted by molar-refractivity contribution is 6.33. The van der Waals surface area contributed by atoms with Crippen molar-refractivity contribution < 1.29 is 4.74 Å². The van der Waals surface area contributed by atoms with Gasteiger partial charge in [0.1, 0.15) is 16.8 Å². The van der Waals surface area contributed by atoms with Crippen LogP contribution >= 0.6 is 11.6 Å². The largest absolute Gasteiger partial charge is 0.495 e. The summed E-state index contributed by atoms with van der Waals surface area (Å²) in [5.74, 6) is 0.517. The first-order valence-electron chi connectivity index (χ1n) is 3.30. The second-order valence-electron chi connectivity index (χ2n) is 2.25. The molecule has 0 N–H and O–H groups in total. The van der Waals surface area contributed by atoms with E-state index >= 15 is 0 Å². The van der Waals surface area contributed by atoms with E-state index in [1.807, 2.05) is 13.0 Å². The van der Waals surface area contributed by atoms with E-state index in [0.29, 0.717) is 5.75 Å². The van der Waals surface area contributed by atoms with Gasteiger partial charge in [-0.3, -0.25) is 0 Å². The zero-order valence-corrected chi connectivity index (χ0v) is 7.51. The highest BCUT2D eigenvalue weighted by Gasteiger charge is 2.09. The predicted molar refractivity (Wildman–Crippen MR) is 45.3 cm³/mol. The summed E-state index contributed by atoms with van der Waals surface area (Å²) in [6.07, 6.45) is 1.56. The molecule has 0 saturated heterocycles. The minimum Gasteiger partial charge on any atom is -0.495 e. The lowest BCUT2D eigenvalue weighted by atomic mass is 10.2. The van der Waals surface area contributed by atoms with Crippen molar-refractivity contribution in [2.45, 2.75) is 6.92 Å². The molecule has 0 amide bonds. The number of aromatic nitrogens is 1. The molecular formula is C8H7ClN2O. The van der Waals surface area contributed by atoms with Gasteiger partial charge in [0, 0.05) is 11.8 Å². The van der Waals surface area contributed by atoms with E-state index in [1.54, 1.807) is 6.20 Å². The molecule has 0 aromatic carbocycles. The van der Waals surface area contributed by atoms with Crippen molar-refractivity contribution in [2.75, 3.05) is 7.11 Å². The van der Waals surface area contributed by atoms with Gasteiger partial charge in [-0.25, -0.2) is 4.98 Å². The van der Waals surface area contributed by atoms with Crippen molar-refractivity contribution in [1.82, 2.24) is 4.98 Å². The number of pyridine rings is 1. The first-order valence-corrected chi connectivity index (χ1v) is 3.67. The molecule has 1 aromatic rings. The van der Waals surface area contributed by atoms with Gasteiger partial charge in [-0.15, -0.1) is 0 Å². The number of methoxy groups -OCH3 is 1. The molecule has 1 aromatic heterocycles. The fraction of sp³-hybridized carbons (Fsp3) is 0.250. The van der Waals surface area contributed by atoms with E-state index in [1.165, 1.54) is 7.11 Å². The molecule has 0 radical (unpaired) electrons. The van der Waals surface area contributed by atoms with Gasteiger partial charge in [0.15, 0.2) is 5.69 Å². The maximum Gasteiger partial charge on any atom is 0.162 e. The molecule has 0 bridgehead atoms. The van der Waals surface area contributed by atoms with Gasteiger partial charge in [0.2, 0.25) is 0 Å². The number of nitriles is 1. The zero-order valence-electron chi connectivity index (χ0n) is 6.76. The van der Waals surface area contributed by atoms with Crippen LogP contribution < -0.4 is 4.74 Å². The molecule has 0 aliphatic rings. The number of nitrogens with zero attached hydrogens (tertiary/aromatic N) is 2. The fourth-order valence-electron chi connectivity index (χ4n) is 0.886. The Balaban J connectivity index is 3.36. The lowest BCUT2D eigenvalue weighted by molar-refractivity contribution is 0.411. The van der Waals surface area contributed by atoms with E-state index in [0.717, 1.165) is 5.56 Å². The summed E-state index contributed by atoms with van der Waals surface area (Å²) in [6.45, 7) is 1.82. The Morgan fingerprint density at radius 1 is 1.67 bits per heavy atom. The molecule has 0 atom stereocenters. The minimum atomic E-state index is 0.194. The molecule has 62 valence electrons. The van der Waals surface area contributed by atoms with E-state index in [2.05, 4.69) is 4.98 Å². The summed E-state index contributed by atoms with van der Waals surface area (Å²) in [5, 5.41) is 8.85. The molecule has 0 aliphatic heterocycles. The minimum absolute atomic E-state index is 0.194. The summed E-state index contributed by atoms with van der Waals surface area (Å²) < 4.78 is 5.00. The van der Waals surface area contributed by atoms with Crippen molar-refractivity contribution in [3.8, 4) is 11.8 Å². The average Bonchev–Trinajstić information content (AvgIpc) is 2.06. The van der Waals surface area contributed by atoms with Gasteiger partial charge >= 0.3 is 0 Å². The summed E-state index contributed by atoms with van der Waals surface area (Å²) >= 11 is 5.80. The highest BCUT2D eigenvalue weighted by atomic mass is 35.5. The molecule has 3 nitrogen and oxygen atoms in total. The Morgan fingerprint density at radius 2 is 2.33 bits per heavy atom. The molecule has 4 heteroatoms. The third-order valence-corrected chi connectivity index (χ3v) is 1.81. The summed E-state index contributed by atoms with van der Waals surface area (Å²) in [5.41, 5.74) is 1.01. The van der Waals surface area contributed by atoms with Crippen LogP contribution in [0.15, 0.2) is 6.20 Å². The second kappa shape index (κ2) is 3.42. The van der Waals surface area contributed by atoms with Crippen LogP contribution in [0, 0.1) is 18.3 Å². The van der Waals surface area contributed by atoms with Crippen LogP contribution in [-0.4, -0.2) is 12.1 Å². The quantitative estimate of drug-likeness (QED) is 0.667. The van der Waals surface area contributed by atoms with Gasteiger partial charge in [-0.05, 0) is 6.92 Å². The van der Waals surface area contributed by atoms with Gasteiger partial charge in [0.25, 0.3) is 0 Å². The third kappa shape index (κ3) is 1.34. The molecule has 0 saturated carbocycles. The van der Waals surface area contributed by atoms with Crippen molar-refractivity contribution in [3.05, 3.63) is 22.5 Å². The Kier molecular flexibility index (Phi) is 2.51. The molecule has 1 heterocycles. The van der Waals surface area contributed by atoms with Crippen molar-refractivity contribution >= 4 is 11.6 Å². The normalized spacial score (nSPS) is 9.17. The fourth-order valence-corrected chi connectivity index (χ4v) is 1.20. The van der Waals surface area contributed by atoms with Gasteiger partial charge in [-0.2, -0.15) is 5.26 Å². The molecule has 0 spiro atoms. The smallest absolute Gasteiger partial charge is 0.162 e. The van der Waals surface area contributed by atoms with Crippen LogP contribution in [0.1, 0.15) is 11.3 Å². The first-order chi connectivity index (χ1) is 5.70. The average molecular weight is 183 g/mol. The second-order valence-corrected chi connectivity index (χ2v) is 2.63. The third-order valence-electron chi connectivity index (χ3n) is 1.46. The Labute approximate surface area is 75.6 Å². The number of hydrogen-bond acceptors (Lipinski definition) is 3. The first kappa shape index (κ1) is 8.82. The summed E-state index contributed by atoms with van der Waals surface area (Å²) in [6, 6.07) is 1.87. The lowest BCUT2D eigenvalue weighted by Gasteiger charge is -2.05. The van der Waals surface area contributed by atoms with E-state index < -0.39 is 0 Å². The lowest BCUT2D eigenvalue weighted by Crippen LogP contribution is -1.93. The van der Waals surface area contributed by atoms with Crippen molar-refractivity contribution in [2.24, 2.45) is 0 Å². The predicted octanol–water partition coefficient (Wildman–Crippen LogP) is 1.92. The standard InChI is InChI=1S/C8H7ClN2O/c1-5-4-11-6(3-10)7(9)8(5)12-2/h4H,1-2H3. The van der Waals surface area contributed by atoms with E-state index in [-0.39, 0.29) is 10.7 Å². The van der Waals surface area contributed by atoms with E-state index in [9.17, 15) is 0 Å². The van der Waals surface area contributed by atoms with Crippen LogP contribution in [0.5, 0.6) is 5.75 Å². The zero-order chi connectivity index (χ0) is 9.14. The molecule has 0 unspecified atom stereocenters. The maximum atomic E-state index is 8.58.